The molecule has 1 amide bonds. The van der Waals surface area contributed by atoms with Crippen molar-refractivity contribution in [2.45, 2.75) is 38.2 Å². The summed E-state index contributed by atoms with van der Waals surface area (Å²) in [6.45, 7) is 2.88. The van der Waals surface area contributed by atoms with Crippen LogP contribution in [0.2, 0.25) is 0 Å². The van der Waals surface area contributed by atoms with Crippen LogP contribution in [0, 0.1) is 11.6 Å². The lowest BCUT2D eigenvalue weighted by molar-refractivity contribution is 0.0778. The Labute approximate surface area is 191 Å². The number of imidazole rings is 1. The second kappa shape index (κ2) is 7.60. The summed E-state index contributed by atoms with van der Waals surface area (Å²) >= 11 is 0.984. The van der Waals surface area contributed by atoms with Gasteiger partial charge in [0.05, 0.1) is 28.6 Å². The molecule has 0 radical (unpaired) electrons. The first-order valence-corrected chi connectivity index (χ1v) is 11.2. The van der Waals surface area contributed by atoms with E-state index in [1.807, 2.05) is 6.20 Å². The Balaban J connectivity index is 1.52. The summed E-state index contributed by atoms with van der Waals surface area (Å²) in [5.74, 6) is -1.52. The Kier molecular flexibility index (Phi) is 4.95. The smallest absolute Gasteiger partial charge is 0.251 e. The van der Waals surface area contributed by atoms with Gasteiger partial charge < -0.3 is 16.2 Å². The van der Waals surface area contributed by atoms with Gasteiger partial charge in [0.2, 0.25) is 0 Å². The van der Waals surface area contributed by atoms with Crippen molar-refractivity contribution in [1.29, 1.82) is 0 Å². The molecule has 3 heterocycles. The van der Waals surface area contributed by atoms with E-state index in [1.165, 1.54) is 19.9 Å². The van der Waals surface area contributed by atoms with E-state index >= 15 is 0 Å². The third-order valence-electron chi connectivity index (χ3n) is 5.57. The van der Waals surface area contributed by atoms with Crippen LogP contribution >= 0.6 is 11.3 Å². The zero-order valence-electron chi connectivity index (χ0n) is 17.9. The molecule has 1 saturated carbocycles. The number of halogens is 2. The number of amides is 1. The minimum absolute atomic E-state index is 0.0894. The lowest BCUT2D eigenvalue weighted by Crippen LogP contribution is -2.16. The molecule has 1 aliphatic rings. The number of carbonyl (C=O) groups is 1. The Bertz CT molecular complexity index is 1380. The Morgan fingerprint density at radius 1 is 1.24 bits per heavy atom. The monoisotopic (exact) mass is 469 g/mol. The van der Waals surface area contributed by atoms with Gasteiger partial charge in [-0.15, -0.1) is 16.4 Å². The van der Waals surface area contributed by atoms with E-state index in [2.05, 4.69) is 15.4 Å². The number of nitrogens with two attached hydrogens (primary N) is 1. The first-order chi connectivity index (χ1) is 15.6. The van der Waals surface area contributed by atoms with Gasteiger partial charge in [-0.3, -0.25) is 4.79 Å². The van der Waals surface area contributed by atoms with Crippen molar-refractivity contribution in [3.63, 3.8) is 0 Å². The van der Waals surface area contributed by atoms with Crippen molar-refractivity contribution in [3.8, 4) is 10.4 Å². The van der Waals surface area contributed by atoms with Crippen molar-refractivity contribution < 1.29 is 18.7 Å². The zero-order chi connectivity index (χ0) is 23.5. The molecule has 3 aromatic heterocycles. The van der Waals surface area contributed by atoms with Crippen LogP contribution in [-0.4, -0.2) is 25.6 Å². The third kappa shape index (κ3) is 4.07. The van der Waals surface area contributed by atoms with Gasteiger partial charge in [0.15, 0.2) is 11.5 Å². The zero-order valence-corrected chi connectivity index (χ0v) is 18.7. The van der Waals surface area contributed by atoms with Crippen LogP contribution in [0.4, 0.5) is 19.6 Å². The third-order valence-corrected chi connectivity index (χ3v) is 6.64. The SMILES string of the molecule is CC(C)(O)c1cc(F)c(-c2cc(C(N)=O)c(Nc3ccc4nc(C5CC5)cn4n3)s2)c(F)c1. The van der Waals surface area contributed by atoms with Crippen LogP contribution in [-0.2, 0) is 5.60 Å². The van der Waals surface area contributed by atoms with Crippen LogP contribution < -0.4 is 11.1 Å². The molecule has 0 saturated heterocycles. The fraction of sp³-hybridized carbons (Fsp3) is 0.261. The van der Waals surface area contributed by atoms with Crippen LogP contribution in [0.5, 0.6) is 0 Å². The van der Waals surface area contributed by atoms with E-state index < -0.39 is 23.1 Å². The van der Waals surface area contributed by atoms with Gasteiger partial charge >= 0.3 is 0 Å². The summed E-state index contributed by atoms with van der Waals surface area (Å²) in [5, 5.41) is 17.9. The van der Waals surface area contributed by atoms with Gasteiger partial charge in [0.25, 0.3) is 5.91 Å². The number of carbonyl (C=O) groups excluding carboxylic acids is 1. The molecule has 1 aromatic carbocycles. The number of primary amides is 1. The number of fused-ring (bicyclic) bond motifs is 1. The summed E-state index contributed by atoms with van der Waals surface area (Å²) in [7, 11) is 0. The van der Waals surface area contributed by atoms with E-state index in [4.69, 9.17) is 5.73 Å². The molecule has 1 fully saturated rings. The lowest BCUT2D eigenvalue weighted by Gasteiger charge is -2.18. The summed E-state index contributed by atoms with van der Waals surface area (Å²) in [6, 6.07) is 7.03. The van der Waals surface area contributed by atoms with E-state index in [-0.39, 0.29) is 21.6 Å². The Morgan fingerprint density at radius 3 is 2.55 bits per heavy atom. The highest BCUT2D eigenvalue weighted by atomic mass is 32.1. The van der Waals surface area contributed by atoms with Gasteiger partial charge in [-0.2, -0.15) is 0 Å². The van der Waals surface area contributed by atoms with Crippen LogP contribution in [0.15, 0.2) is 36.5 Å². The fourth-order valence-corrected chi connectivity index (χ4v) is 4.73. The molecule has 4 aromatic rings. The highest BCUT2D eigenvalue weighted by Gasteiger charge is 2.27. The number of nitrogens with one attached hydrogen (secondary N) is 1. The van der Waals surface area contributed by atoms with Gasteiger partial charge in [-0.25, -0.2) is 18.3 Å². The Morgan fingerprint density at radius 2 is 1.94 bits per heavy atom. The number of anilines is 2. The second-order valence-electron chi connectivity index (χ2n) is 8.68. The first-order valence-electron chi connectivity index (χ1n) is 10.4. The van der Waals surface area contributed by atoms with Crippen molar-refractivity contribution >= 4 is 33.7 Å². The number of rotatable bonds is 6. The van der Waals surface area contributed by atoms with Crippen LogP contribution in [0.25, 0.3) is 16.1 Å². The minimum atomic E-state index is -1.40. The lowest BCUT2D eigenvalue weighted by atomic mass is 9.96. The number of nitrogens with zero attached hydrogens (tertiary/aromatic N) is 3. The second-order valence-corrected chi connectivity index (χ2v) is 9.73. The highest BCUT2D eigenvalue weighted by Crippen LogP contribution is 2.41. The molecule has 1 aliphatic carbocycles. The first kappa shape index (κ1) is 21.5. The Hall–Kier alpha value is -3.37. The molecule has 7 nitrogen and oxygen atoms in total. The van der Waals surface area contributed by atoms with E-state index in [9.17, 15) is 18.7 Å². The summed E-state index contributed by atoms with van der Waals surface area (Å²) in [6.07, 6.45) is 4.12. The fourth-order valence-electron chi connectivity index (χ4n) is 3.61. The number of aromatic nitrogens is 3. The number of thiophene rings is 1. The molecular weight excluding hydrogens is 448 g/mol. The van der Waals surface area contributed by atoms with E-state index in [0.29, 0.717) is 22.4 Å². The van der Waals surface area contributed by atoms with E-state index in [1.54, 1.807) is 16.6 Å². The number of aliphatic hydroxyl groups is 1. The molecule has 0 aliphatic heterocycles. The van der Waals surface area contributed by atoms with Crippen molar-refractivity contribution in [1.82, 2.24) is 14.6 Å². The predicted molar refractivity (Wildman–Crippen MR) is 122 cm³/mol. The molecular formula is C23H21F2N5O2S. The van der Waals surface area contributed by atoms with Crippen molar-refractivity contribution in [3.05, 3.63) is 65.0 Å². The molecule has 0 atom stereocenters. The van der Waals surface area contributed by atoms with Gasteiger partial charge in [-0.1, -0.05) is 0 Å². The van der Waals surface area contributed by atoms with Crippen LogP contribution in [0.3, 0.4) is 0 Å². The average molecular weight is 470 g/mol. The molecule has 4 N–H and O–H groups in total. The van der Waals surface area contributed by atoms with Crippen LogP contribution in [0.1, 0.15) is 54.2 Å². The van der Waals surface area contributed by atoms with Gasteiger partial charge in [-0.05, 0) is 62.6 Å². The molecule has 0 unspecified atom stereocenters. The summed E-state index contributed by atoms with van der Waals surface area (Å²) in [5.41, 5.74) is 5.72. The normalized spacial score (nSPS) is 14.1. The quantitative estimate of drug-likeness (QED) is 0.380. The molecule has 33 heavy (non-hydrogen) atoms. The number of benzene rings is 1. The number of hydrogen-bond acceptors (Lipinski definition) is 6. The maximum Gasteiger partial charge on any atom is 0.251 e. The van der Waals surface area contributed by atoms with Crippen molar-refractivity contribution in [2.24, 2.45) is 5.73 Å². The number of hydrogen-bond donors (Lipinski definition) is 3. The maximum atomic E-state index is 14.8. The summed E-state index contributed by atoms with van der Waals surface area (Å²) < 4.78 is 31.3. The summed E-state index contributed by atoms with van der Waals surface area (Å²) in [4.78, 5) is 16.8. The minimum Gasteiger partial charge on any atom is -0.386 e. The molecule has 0 bridgehead atoms. The predicted octanol–water partition coefficient (Wildman–Crippen LogP) is 4.68. The molecule has 10 heteroatoms. The standard InChI is InChI=1S/C23H21F2N5O2S/c1-23(2,32)12-7-14(24)20(15(25)8-12)17-9-13(21(26)31)22(33-17)28-18-5-6-19-27-16(11-3-4-11)10-30(19)29-18/h5-11,32H,3-4H2,1-2H3,(H2,26,31)(H,28,29). The largest absolute Gasteiger partial charge is 0.386 e. The average Bonchev–Trinajstić information content (AvgIpc) is 3.36. The molecule has 5 rings (SSSR count). The van der Waals surface area contributed by atoms with Crippen molar-refractivity contribution in [2.75, 3.05) is 5.32 Å². The van der Waals surface area contributed by atoms with Gasteiger partial charge in [0.1, 0.15) is 16.6 Å². The maximum absolute atomic E-state index is 14.8. The highest BCUT2D eigenvalue weighted by molar-refractivity contribution is 7.20. The van der Waals surface area contributed by atoms with Gasteiger partial charge in [0, 0.05) is 10.8 Å². The molecule has 170 valence electrons. The topological polar surface area (TPSA) is 106 Å². The molecule has 0 spiro atoms. The van der Waals surface area contributed by atoms with E-state index in [0.717, 1.165) is 42.0 Å².